The molecule has 0 unspecified atom stereocenters. The van der Waals surface area contributed by atoms with Crippen molar-refractivity contribution < 1.29 is 9.32 Å². The molecule has 1 fully saturated rings. The lowest BCUT2D eigenvalue weighted by Gasteiger charge is -2.30. The van der Waals surface area contributed by atoms with Gasteiger partial charge in [-0.1, -0.05) is 65.3 Å². The van der Waals surface area contributed by atoms with Crippen LogP contribution in [0.25, 0.3) is 17.5 Å². The van der Waals surface area contributed by atoms with Gasteiger partial charge in [0.25, 0.3) is 0 Å². The van der Waals surface area contributed by atoms with E-state index in [2.05, 4.69) is 29.2 Å². The number of aryl methyl sites for hydroxylation is 1. The summed E-state index contributed by atoms with van der Waals surface area (Å²) in [6.45, 7) is 3.59. The minimum absolute atomic E-state index is 0.0770. The van der Waals surface area contributed by atoms with E-state index < -0.39 is 0 Å². The molecule has 0 atom stereocenters. The largest absolute Gasteiger partial charge is 0.339 e. The van der Waals surface area contributed by atoms with Crippen LogP contribution in [0.5, 0.6) is 0 Å². The molecule has 0 saturated carbocycles. The van der Waals surface area contributed by atoms with Gasteiger partial charge in [0.1, 0.15) is 0 Å². The van der Waals surface area contributed by atoms with Crippen LogP contribution in [-0.4, -0.2) is 34.0 Å². The Balaban J connectivity index is 1.28. The van der Waals surface area contributed by atoms with Crippen LogP contribution in [0.4, 0.5) is 0 Å². The highest BCUT2D eigenvalue weighted by Gasteiger charge is 2.23. The fourth-order valence-electron chi connectivity index (χ4n) is 3.60. The van der Waals surface area contributed by atoms with E-state index in [4.69, 9.17) is 4.52 Å². The quantitative estimate of drug-likeness (QED) is 0.603. The number of hydrogen-bond acceptors (Lipinski definition) is 4. The van der Waals surface area contributed by atoms with Crippen LogP contribution < -0.4 is 0 Å². The molecule has 29 heavy (non-hydrogen) atoms. The van der Waals surface area contributed by atoms with Crippen molar-refractivity contribution in [2.45, 2.75) is 26.2 Å². The highest BCUT2D eigenvalue weighted by atomic mass is 16.5. The van der Waals surface area contributed by atoms with E-state index in [0.29, 0.717) is 17.6 Å². The zero-order valence-electron chi connectivity index (χ0n) is 16.6. The van der Waals surface area contributed by atoms with Gasteiger partial charge in [-0.05, 0) is 37.3 Å². The standard InChI is InChI=1S/C24H25N3O2/c1-18-7-9-19(10-8-18)11-12-23(28)27-15-13-20(14-16-27)17-22-25-24(26-29-22)21-5-3-2-4-6-21/h2-12,20H,13-17H2,1H3. The predicted octanol–water partition coefficient (Wildman–Crippen LogP) is 4.54. The molecule has 2 aromatic carbocycles. The molecule has 5 heteroatoms. The Hall–Kier alpha value is -3.21. The van der Waals surface area contributed by atoms with Crippen LogP contribution in [0.2, 0.25) is 0 Å². The third kappa shape index (κ3) is 4.99. The summed E-state index contributed by atoms with van der Waals surface area (Å²) in [6, 6.07) is 18.0. The Labute approximate surface area is 171 Å². The normalized spacial score (nSPS) is 15.1. The molecule has 4 rings (SSSR count). The van der Waals surface area contributed by atoms with E-state index in [1.165, 1.54) is 5.56 Å². The zero-order chi connectivity index (χ0) is 20.1. The second-order valence-electron chi connectivity index (χ2n) is 7.59. The molecular formula is C24H25N3O2. The first-order valence-corrected chi connectivity index (χ1v) is 10.1. The molecule has 1 aliphatic rings. The average Bonchev–Trinajstić information content (AvgIpc) is 3.23. The summed E-state index contributed by atoms with van der Waals surface area (Å²) in [5.74, 6) is 1.85. The maximum atomic E-state index is 12.5. The van der Waals surface area contributed by atoms with Crippen LogP contribution in [0, 0.1) is 12.8 Å². The summed E-state index contributed by atoms with van der Waals surface area (Å²) in [5, 5.41) is 4.09. The maximum absolute atomic E-state index is 12.5. The van der Waals surface area contributed by atoms with E-state index in [1.54, 1.807) is 6.08 Å². The van der Waals surface area contributed by atoms with Gasteiger partial charge in [0.05, 0.1) is 0 Å². The van der Waals surface area contributed by atoms with Crippen molar-refractivity contribution >= 4 is 12.0 Å². The topological polar surface area (TPSA) is 59.2 Å². The highest BCUT2D eigenvalue weighted by Crippen LogP contribution is 2.23. The van der Waals surface area contributed by atoms with Crippen molar-refractivity contribution in [1.82, 2.24) is 15.0 Å². The Kier molecular flexibility index (Phi) is 5.84. The number of likely N-dealkylation sites (tertiary alicyclic amines) is 1. The third-order valence-electron chi connectivity index (χ3n) is 5.39. The first kappa shape index (κ1) is 19.1. The van der Waals surface area contributed by atoms with E-state index in [9.17, 15) is 4.79 Å². The van der Waals surface area contributed by atoms with Crippen molar-refractivity contribution in [2.24, 2.45) is 5.92 Å². The Morgan fingerprint density at radius 1 is 1.10 bits per heavy atom. The molecular weight excluding hydrogens is 362 g/mol. The summed E-state index contributed by atoms with van der Waals surface area (Å²) in [7, 11) is 0. The average molecular weight is 387 g/mol. The minimum Gasteiger partial charge on any atom is -0.339 e. The van der Waals surface area contributed by atoms with Crippen LogP contribution >= 0.6 is 0 Å². The van der Waals surface area contributed by atoms with Crippen molar-refractivity contribution in [3.05, 3.63) is 77.7 Å². The number of nitrogens with zero attached hydrogens (tertiary/aromatic N) is 3. The second-order valence-corrected chi connectivity index (χ2v) is 7.59. The first-order valence-electron chi connectivity index (χ1n) is 10.1. The van der Waals surface area contributed by atoms with Gasteiger partial charge in [-0.25, -0.2) is 0 Å². The Morgan fingerprint density at radius 3 is 2.55 bits per heavy atom. The van der Waals surface area contributed by atoms with Gasteiger partial charge in [0, 0.05) is 31.1 Å². The summed E-state index contributed by atoms with van der Waals surface area (Å²) in [5.41, 5.74) is 3.22. The number of hydrogen-bond donors (Lipinski definition) is 0. The Bertz CT molecular complexity index is 969. The number of aromatic nitrogens is 2. The van der Waals surface area contributed by atoms with Crippen LogP contribution in [0.3, 0.4) is 0 Å². The summed E-state index contributed by atoms with van der Waals surface area (Å²) in [6.07, 6.45) is 6.23. The number of benzene rings is 2. The van der Waals surface area contributed by atoms with Crippen molar-refractivity contribution in [3.8, 4) is 11.4 Å². The van der Waals surface area contributed by atoms with Crippen molar-refractivity contribution in [1.29, 1.82) is 0 Å². The van der Waals surface area contributed by atoms with Gasteiger partial charge in [0.2, 0.25) is 17.6 Å². The van der Waals surface area contributed by atoms with Gasteiger partial charge in [0.15, 0.2) is 0 Å². The molecule has 3 aromatic rings. The maximum Gasteiger partial charge on any atom is 0.246 e. The number of piperidine rings is 1. The number of amides is 1. The molecule has 0 radical (unpaired) electrons. The molecule has 1 aliphatic heterocycles. The van der Waals surface area contributed by atoms with E-state index in [1.807, 2.05) is 53.4 Å². The van der Waals surface area contributed by atoms with E-state index in [-0.39, 0.29) is 5.91 Å². The molecule has 5 nitrogen and oxygen atoms in total. The first-order chi connectivity index (χ1) is 14.2. The summed E-state index contributed by atoms with van der Waals surface area (Å²) >= 11 is 0. The van der Waals surface area contributed by atoms with Crippen molar-refractivity contribution in [2.75, 3.05) is 13.1 Å². The molecule has 1 saturated heterocycles. The SMILES string of the molecule is Cc1ccc(C=CC(=O)N2CCC(Cc3nc(-c4ccccc4)no3)CC2)cc1. The summed E-state index contributed by atoms with van der Waals surface area (Å²) in [4.78, 5) is 18.9. The summed E-state index contributed by atoms with van der Waals surface area (Å²) < 4.78 is 5.44. The Morgan fingerprint density at radius 2 is 1.83 bits per heavy atom. The fourth-order valence-corrected chi connectivity index (χ4v) is 3.60. The van der Waals surface area contributed by atoms with Crippen molar-refractivity contribution in [3.63, 3.8) is 0 Å². The third-order valence-corrected chi connectivity index (χ3v) is 5.39. The van der Waals surface area contributed by atoms with E-state index in [0.717, 1.165) is 43.5 Å². The van der Waals surface area contributed by atoms with Gasteiger partial charge in [-0.3, -0.25) is 4.79 Å². The molecule has 2 heterocycles. The predicted molar refractivity (Wildman–Crippen MR) is 113 cm³/mol. The second kappa shape index (κ2) is 8.86. The lowest BCUT2D eigenvalue weighted by molar-refractivity contribution is -0.127. The molecule has 0 bridgehead atoms. The minimum atomic E-state index is 0.0770. The molecule has 0 spiro atoms. The smallest absolute Gasteiger partial charge is 0.246 e. The van der Waals surface area contributed by atoms with Gasteiger partial charge >= 0.3 is 0 Å². The highest BCUT2D eigenvalue weighted by molar-refractivity contribution is 5.91. The van der Waals surface area contributed by atoms with Crippen LogP contribution in [-0.2, 0) is 11.2 Å². The number of carbonyl (C=O) groups excluding carboxylic acids is 1. The van der Waals surface area contributed by atoms with Crippen LogP contribution in [0.1, 0.15) is 29.9 Å². The molecule has 1 amide bonds. The van der Waals surface area contributed by atoms with Gasteiger partial charge in [-0.15, -0.1) is 0 Å². The monoisotopic (exact) mass is 387 g/mol. The fraction of sp³-hybridized carbons (Fsp3) is 0.292. The van der Waals surface area contributed by atoms with Gasteiger partial charge in [-0.2, -0.15) is 4.98 Å². The number of rotatable bonds is 5. The molecule has 0 aliphatic carbocycles. The van der Waals surface area contributed by atoms with Crippen LogP contribution in [0.15, 0.2) is 65.2 Å². The molecule has 148 valence electrons. The zero-order valence-corrected chi connectivity index (χ0v) is 16.6. The molecule has 1 aromatic heterocycles. The number of carbonyl (C=O) groups is 1. The van der Waals surface area contributed by atoms with Gasteiger partial charge < -0.3 is 9.42 Å². The lowest BCUT2D eigenvalue weighted by Crippen LogP contribution is -2.38. The molecule has 0 N–H and O–H groups in total. The lowest BCUT2D eigenvalue weighted by atomic mass is 9.93. The van der Waals surface area contributed by atoms with E-state index >= 15 is 0 Å².